The molecule has 4 heteroatoms. The Bertz CT molecular complexity index is 469. The lowest BCUT2D eigenvalue weighted by Gasteiger charge is -2.50. The monoisotopic (exact) mass is 318 g/mol. The molecule has 3 rings (SSSR count). The molecule has 4 nitrogen and oxygen atoms in total. The van der Waals surface area contributed by atoms with Crippen LogP contribution in [0.4, 0.5) is 0 Å². The third kappa shape index (κ3) is 3.97. The van der Waals surface area contributed by atoms with Gasteiger partial charge in [-0.3, -0.25) is 9.80 Å². The van der Waals surface area contributed by atoms with Crippen molar-refractivity contribution in [1.29, 1.82) is 0 Å². The standard InChI is InChI=1S/C19H34N4/c1-3-22-15-12-20-18(22)16-21(2)17-19(10-6-4-7-11-19)23-13-8-5-9-14-23/h12,15H,3-11,13-14,16-17H2,1-2H3. The van der Waals surface area contributed by atoms with Crippen molar-refractivity contribution in [2.45, 2.75) is 76.9 Å². The molecule has 0 N–H and O–H groups in total. The van der Waals surface area contributed by atoms with Crippen molar-refractivity contribution in [2.24, 2.45) is 0 Å². The molecule has 0 unspecified atom stereocenters. The van der Waals surface area contributed by atoms with E-state index in [1.165, 1.54) is 76.8 Å². The summed E-state index contributed by atoms with van der Waals surface area (Å²) < 4.78 is 2.27. The minimum absolute atomic E-state index is 0.428. The van der Waals surface area contributed by atoms with Crippen LogP contribution in [0.5, 0.6) is 0 Å². The number of hydrogen-bond donors (Lipinski definition) is 0. The Labute approximate surface area is 141 Å². The molecule has 2 fully saturated rings. The maximum Gasteiger partial charge on any atom is 0.122 e. The Morgan fingerprint density at radius 2 is 1.78 bits per heavy atom. The molecule has 1 saturated heterocycles. The molecule has 1 saturated carbocycles. The van der Waals surface area contributed by atoms with Crippen LogP contribution in [0.15, 0.2) is 12.4 Å². The fourth-order valence-electron chi connectivity index (χ4n) is 4.73. The fraction of sp³-hybridized carbons (Fsp3) is 0.842. The van der Waals surface area contributed by atoms with E-state index in [0.29, 0.717) is 5.54 Å². The van der Waals surface area contributed by atoms with Crippen LogP contribution in [-0.2, 0) is 13.1 Å². The zero-order valence-electron chi connectivity index (χ0n) is 15.1. The van der Waals surface area contributed by atoms with Gasteiger partial charge in [-0.25, -0.2) is 4.98 Å². The normalized spacial score (nSPS) is 22.6. The highest BCUT2D eigenvalue weighted by Crippen LogP contribution is 2.36. The first-order chi connectivity index (χ1) is 11.2. The first-order valence-electron chi connectivity index (χ1n) is 9.67. The van der Waals surface area contributed by atoms with Crippen LogP contribution in [0.25, 0.3) is 0 Å². The number of piperidine rings is 1. The molecule has 1 aliphatic carbocycles. The van der Waals surface area contributed by atoms with Crippen molar-refractivity contribution in [3.05, 3.63) is 18.2 Å². The van der Waals surface area contributed by atoms with Crippen LogP contribution in [0.2, 0.25) is 0 Å². The smallest absolute Gasteiger partial charge is 0.122 e. The van der Waals surface area contributed by atoms with Crippen LogP contribution in [0, 0.1) is 0 Å². The summed E-state index contributed by atoms with van der Waals surface area (Å²) in [7, 11) is 2.29. The second-order valence-corrected chi connectivity index (χ2v) is 7.63. The molecule has 2 heterocycles. The van der Waals surface area contributed by atoms with Crippen molar-refractivity contribution in [2.75, 3.05) is 26.7 Å². The highest BCUT2D eigenvalue weighted by atomic mass is 15.3. The topological polar surface area (TPSA) is 24.3 Å². The summed E-state index contributed by atoms with van der Waals surface area (Å²) in [6, 6.07) is 0. The summed E-state index contributed by atoms with van der Waals surface area (Å²) in [5.41, 5.74) is 0.428. The lowest BCUT2D eigenvalue weighted by Crippen LogP contribution is -2.57. The quantitative estimate of drug-likeness (QED) is 0.802. The van der Waals surface area contributed by atoms with Gasteiger partial charge in [-0.05, 0) is 52.7 Å². The molecule has 0 radical (unpaired) electrons. The van der Waals surface area contributed by atoms with Crippen molar-refractivity contribution >= 4 is 0 Å². The summed E-state index contributed by atoms with van der Waals surface area (Å²) in [4.78, 5) is 9.93. The number of likely N-dealkylation sites (tertiary alicyclic amines) is 1. The van der Waals surface area contributed by atoms with E-state index in [-0.39, 0.29) is 0 Å². The number of aryl methyl sites for hydroxylation is 1. The lowest BCUT2D eigenvalue weighted by atomic mass is 9.79. The van der Waals surface area contributed by atoms with Gasteiger partial charge in [0, 0.05) is 31.0 Å². The minimum Gasteiger partial charge on any atom is -0.334 e. The van der Waals surface area contributed by atoms with Crippen LogP contribution in [-0.4, -0.2) is 51.6 Å². The van der Waals surface area contributed by atoms with E-state index in [9.17, 15) is 0 Å². The molecule has 2 aliphatic rings. The molecule has 1 aromatic rings. The third-order valence-electron chi connectivity index (χ3n) is 5.93. The Balaban J connectivity index is 1.67. The van der Waals surface area contributed by atoms with Crippen molar-refractivity contribution in [3.8, 4) is 0 Å². The van der Waals surface area contributed by atoms with Gasteiger partial charge in [0.05, 0.1) is 6.54 Å². The van der Waals surface area contributed by atoms with Gasteiger partial charge in [-0.15, -0.1) is 0 Å². The van der Waals surface area contributed by atoms with Crippen LogP contribution < -0.4 is 0 Å². The average Bonchev–Trinajstić information content (AvgIpc) is 3.03. The first kappa shape index (κ1) is 17.0. The van der Waals surface area contributed by atoms with Gasteiger partial charge in [0.15, 0.2) is 0 Å². The zero-order valence-corrected chi connectivity index (χ0v) is 15.1. The predicted molar refractivity (Wildman–Crippen MR) is 95.5 cm³/mol. The molecule has 0 atom stereocenters. The maximum atomic E-state index is 4.56. The maximum absolute atomic E-state index is 4.56. The van der Waals surface area contributed by atoms with Crippen LogP contribution in [0.3, 0.4) is 0 Å². The van der Waals surface area contributed by atoms with E-state index in [2.05, 4.69) is 39.5 Å². The Morgan fingerprint density at radius 3 is 2.48 bits per heavy atom. The highest BCUT2D eigenvalue weighted by molar-refractivity contribution is 4.98. The van der Waals surface area contributed by atoms with E-state index in [1.807, 2.05) is 6.20 Å². The SMILES string of the molecule is CCn1ccnc1CN(C)CC1(N2CCCCC2)CCCCC1. The molecule has 0 spiro atoms. The highest BCUT2D eigenvalue weighted by Gasteiger charge is 2.39. The lowest BCUT2D eigenvalue weighted by molar-refractivity contribution is 0.00726. The van der Waals surface area contributed by atoms with Crippen molar-refractivity contribution < 1.29 is 0 Å². The Hall–Kier alpha value is -0.870. The average molecular weight is 319 g/mol. The summed E-state index contributed by atoms with van der Waals surface area (Å²) in [5, 5.41) is 0. The summed E-state index contributed by atoms with van der Waals surface area (Å²) in [6.45, 7) is 8.01. The van der Waals surface area contributed by atoms with Crippen molar-refractivity contribution in [3.63, 3.8) is 0 Å². The van der Waals surface area contributed by atoms with E-state index >= 15 is 0 Å². The summed E-state index contributed by atoms with van der Waals surface area (Å²) >= 11 is 0. The molecule has 23 heavy (non-hydrogen) atoms. The summed E-state index contributed by atoms with van der Waals surface area (Å²) in [6.07, 6.45) is 15.3. The van der Waals surface area contributed by atoms with Gasteiger partial charge in [0.2, 0.25) is 0 Å². The number of likely N-dealkylation sites (N-methyl/N-ethyl adjacent to an activating group) is 1. The second kappa shape index (κ2) is 7.80. The number of aromatic nitrogens is 2. The van der Waals surface area contributed by atoms with Gasteiger partial charge in [-0.1, -0.05) is 25.7 Å². The molecular weight excluding hydrogens is 284 g/mol. The number of imidazole rings is 1. The summed E-state index contributed by atoms with van der Waals surface area (Å²) in [5.74, 6) is 1.21. The third-order valence-corrected chi connectivity index (χ3v) is 5.93. The van der Waals surface area contributed by atoms with E-state index in [1.54, 1.807) is 0 Å². The second-order valence-electron chi connectivity index (χ2n) is 7.63. The van der Waals surface area contributed by atoms with E-state index in [4.69, 9.17) is 0 Å². The van der Waals surface area contributed by atoms with Gasteiger partial charge in [-0.2, -0.15) is 0 Å². The molecule has 0 bridgehead atoms. The van der Waals surface area contributed by atoms with E-state index < -0.39 is 0 Å². The van der Waals surface area contributed by atoms with Gasteiger partial charge < -0.3 is 4.57 Å². The van der Waals surface area contributed by atoms with Gasteiger partial charge >= 0.3 is 0 Å². The van der Waals surface area contributed by atoms with E-state index in [0.717, 1.165) is 13.1 Å². The van der Waals surface area contributed by atoms with Gasteiger partial charge in [0.1, 0.15) is 5.82 Å². The predicted octanol–water partition coefficient (Wildman–Crippen LogP) is 3.52. The van der Waals surface area contributed by atoms with Crippen LogP contribution >= 0.6 is 0 Å². The van der Waals surface area contributed by atoms with Gasteiger partial charge in [0.25, 0.3) is 0 Å². The molecule has 0 aromatic carbocycles. The molecular formula is C19H34N4. The number of hydrogen-bond acceptors (Lipinski definition) is 3. The largest absolute Gasteiger partial charge is 0.334 e. The molecule has 130 valence electrons. The Morgan fingerprint density at radius 1 is 1.09 bits per heavy atom. The molecule has 0 amide bonds. The minimum atomic E-state index is 0.428. The number of nitrogens with zero attached hydrogens (tertiary/aromatic N) is 4. The number of rotatable bonds is 6. The van der Waals surface area contributed by atoms with Crippen molar-refractivity contribution in [1.82, 2.24) is 19.4 Å². The zero-order chi connectivity index (χ0) is 16.1. The molecule has 1 aliphatic heterocycles. The first-order valence-corrected chi connectivity index (χ1v) is 9.67. The fourth-order valence-corrected chi connectivity index (χ4v) is 4.73. The molecule has 1 aromatic heterocycles. The van der Waals surface area contributed by atoms with Crippen LogP contribution in [0.1, 0.15) is 64.1 Å². The Kier molecular flexibility index (Phi) is 5.76.